The van der Waals surface area contributed by atoms with E-state index in [2.05, 4.69) is 0 Å². The van der Waals surface area contributed by atoms with Crippen LogP contribution in [0.4, 0.5) is 5.69 Å². The summed E-state index contributed by atoms with van der Waals surface area (Å²) in [5.74, 6) is 0.547. The SMILES string of the molecule is COc1ccc([C@H](C)OC(=O)[C@@H]2CC(=O)N(c3ccc(OC)cc3)C2)cc1. The number of ether oxygens (including phenoxy) is 3. The molecular weight excluding hydrogens is 346 g/mol. The van der Waals surface area contributed by atoms with Crippen molar-refractivity contribution in [3.8, 4) is 11.5 Å². The standard InChI is InChI=1S/C21H23NO5/c1-14(15-4-8-18(25-2)9-5-15)27-21(24)16-12-20(23)22(13-16)17-6-10-19(26-3)11-7-17/h4-11,14,16H,12-13H2,1-3H3/t14-,16+/m0/s1. The van der Waals surface area contributed by atoms with E-state index in [-0.39, 0.29) is 18.3 Å². The second kappa shape index (κ2) is 8.12. The molecule has 6 heteroatoms. The molecule has 2 aromatic rings. The molecule has 0 aromatic heterocycles. The molecule has 1 aliphatic heterocycles. The summed E-state index contributed by atoms with van der Waals surface area (Å²) < 4.78 is 15.9. The third kappa shape index (κ3) is 4.22. The number of carbonyl (C=O) groups is 2. The average Bonchev–Trinajstić information content (AvgIpc) is 3.10. The van der Waals surface area contributed by atoms with Gasteiger partial charge in [0.1, 0.15) is 17.6 Å². The van der Waals surface area contributed by atoms with E-state index in [1.807, 2.05) is 43.3 Å². The number of hydrogen-bond donors (Lipinski definition) is 0. The van der Waals surface area contributed by atoms with E-state index in [0.29, 0.717) is 6.54 Å². The Morgan fingerprint density at radius 3 is 2.11 bits per heavy atom. The minimum Gasteiger partial charge on any atom is -0.497 e. The van der Waals surface area contributed by atoms with Crippen LogP contribution in [-0.4, -0.2) is 32.6 Å². The number of benzene rings is 2. The molecule has 142 valence electrons. The van der Waals surface area contributed by atoms with Crippen molar-refractivity contribution in [3.63, 3.8) is 0 Å². The monoisotopic (exact) mass is 369 g/mol. The van der Waals surface area contributed by atoms with Crippen LogP contribution in [0.5, 0.6) is 11.5 Å². The molecule has 1 heterocycles. The van der Waals surface area contributed by atoms with Crippen molar-refractivity contribution in [2.75, 3.05) is 25.7 Å². The molecule has 2 atom stereocenters. The van der Waals surface area contributed by atoms with Gasteiger partial charge in [-0.1, -0.05) is 12.1 Å². The minimum absolute atomic E-state index is 0.0841. The van der Waals surface area contributed by atoms with Crippen molar-refractivity contribution >= 4 is 17.6 Å². The Hall–Kier alpha value is -3.02. The van der Waals surface area contributed by atoms with Crippen molar-refractivity contribution < 1.29 is 23.8 Å². The van der Waals surface area contributed by atoms with Crippen LogP contribution in [0, 0.1) is 5.92 Å². The van der Waals surface area contributed by atoms with E-state index in [4.69, 9.17) is 14.2 Å². The van der Waals surface area contributed by atoms with Gasteiger partial charge in [0.25, 0.3) is 0 Å². The van der Waals surface area contributed by atoms with Crippen molar-refractivity contribution in [3.05, 3.63) is 54.1 Å². The maximum atomic E-state index is 12.5. The number of rotatable bonds is 6. The topological polar surface area (TPSA) is 65.1 Å². The predicted molar refractivity (Wildman–Crippen MR) is 101 cm³/mol. The van der Waals surface area contributed by atoms with Gasteiger partial charge in [-0.05, 0) is 48.9 Å². The summed E-state index contributed by atoms with van der Waals surface area (Å²) >= 11 is 0. The van der Waals surface area contributed by atoms with Gasteiger partial charge < -0.3 is 19.1 Å². The fourth-order valence-electron chi connectivity index (χ4n) is 3.09. The summed E-state index contributed by atoms with van der Waals surface area (Å²) in [5.41, 5.74) is 1.62. The third-order valence-electron chi connectivity index (χ3n) is 4.72. The molecule has 2 aromatic carbocycles. The molecule has 0 radical (unpaired) electrons. The molecule has 0 bridgehead atoms. The van der Waals surface area contributed by atoms with Crippen molar-refractivity contribution in [1.82, 2.24) is 0 Å². The van der Waals surface area contributed by atoms with Gasteiger partial charge in [0.15, 0.2) is 0 Å². The Morgan fingerprint density at radius 1 is 1.00 bits per heavy atom. The number of esters is 1. The molecule has 1 fully saturated rings. The molecule has 0 spiro atoms. The van der Waals surface area contributed by atoms with Crippen LogP contribution in [0.1, 0.15) is 25.0 Å². The molecule has 0 saturated carbocycles. The predicted octanol–water partition coefficient (Wildman–Crippen LogP) is 3.36. The Kier molecular flexibility index (Phi) is 5.64. The number of carbonyl (C=O) groups excluding carboxylic acids is 2. The second-order valence-corrected chi connectivity index (χ2v) is 6.46. The zero-order valence-electron chi connectivity index (χ0n) is 15.7. The van der Waals surface area contributed by atoms with E-state index in [1.54, 1.807) is 31.3 Å². The smallest absolute Gasteiger partial charge is 0.311 e. The van der Waals surface area contributed by atoms with E-state index >= 15 is 0 Å². The Morgan fingerprint density at radius 2 is 1.56 bits per heavy atom. The van der Waals surface area contributed by atoms with E-state index < -0.39 is 12.0 Å². The summed E-state index contributed by atoms with van der Waals surface area (Å²) in [7, 11) is 3.19. The molecule has 0 unspecified atom stereocenters. The zero-order chi connectivity index (χ0) is 19.4. The van der Waals surface area contributed by atoms with Crippen molar-refractivity contribution in [2.24, 2.45) is 5.92 Å². The number of hydrogen-bond acceptors (Lipinski definition) is 5. The zero-order valence-corrected chi connectivity index (χ0v) is 15.7. The Balaban J connectivity index is 1.62. The van der Waals surface area contributed by atoms with Crippen molar-refractivity contribution in [1.29, 1.82) is 0 Å². The number of methoxy groups -OCH3 is 2. The van der Waals surface area contributed by atoms with Crippen LogP contribution in [0.25, 0.3) is 0 Å². The fourth-order valence-corrected chi connectivity index (χ4v) is 3.09. The molecule has 1 saturated heterocycles. The molecule has 0 N–H and O–H groups in total. The highest BCUT2D eigenvalue weighted by molar-refractivity contribution is 5.99. The van der Waals surface area contributed by atoms with E-state index in [9.17, 15) is 9.59 Å². The maximum Gasteiger partial charge on any atom is 0.311 e. The summed E-state index contributed by atoms with van der Waals surface area (Å²) in [4.78, 5) is 26.5. The normalized spacial score (nSPS) is 17.5. The first-order valence-electron chi connectivity index (χ1n) is 8.80. The first-order valence-corrected chi connectivity index (χ1v) is 8.80. The molecule has 6 nitrogen and oxygen atoms in total. The summed E-state index contributed by atoms with van der Waals surface area (Å²) in [5, 5.41) is 0. The van der Waals surface area contributed by atoms with Crippen molar-refractivity contribution in [2.45, 2.75) is 19.4 Å². The molecule has 3 rings (SSSR count). The fraction of sp³-hybridized carbons (Fsp3) is 0.333. The lowest BCUT2D eigenvalue weighted by atomic mass is 10.1. The van der Waals surface area contributed by atoms with Gasteiger partial charge in [-0.2, -0.15) is 0 Å². The van der Waals surface area contributed by atoms with Gasteiger partial charge in [0.05, 0.1) is 20.1 Å². The molecule has 1 amide bonds. The first-order chi connectivity index (χ1) is 13.0. The molecule has 0 aliphatic carbocycles. The lowest BCUT2D eigenvalue weighted by Gasteiger charge is -2.18. The average molecular weight is 369 g/mol. The van der Waals surface area contributed by atoms with E-state index in [0.717, 1.165) is 22.7 Å². The lowest BCUT2D eigenvalue weighted by molar-refractivity contribution is -0.153. The molecule has 27 heavy (non-hydrogen) atoms. The van der Waals surface area contributed by atoms with Gasteiger partial charge in [0, 0.05) is 18.7 Å². The summed E-state index contributed by atoms with van der Waals surface area (Å²) in [6.07, 6.45) is -0.242. The Bertz CT molecular complexity index is 800. The maximum absolute atomic E-state index is 12.5. The summed E-state index contributed by atoms with van der Waals surface area (Å²) in [6.45, 7) is 2.14. The van der Waals surface area contributed by atoms with Crippen LogP contribution in [-0.2, 0) is 14.3 Å². The number of anilines is 1. The third-order valence-corrected chi connectivity index (χ3v) is 4.72. The van der Waals surface area contributed by atoms with Crippen LogP contribution in [0.3, 0.4) is 0 Å². The highest BCUT2D eigenvalue weighted by Gasteiger charge is 2.36. The quantitative estimate of drug-likeness (QED) is 0.731. The van der Waals surface area contributed by atoms with Gasteiger partial charge in [-0.3, -0.25) is 9.59 Å². The minimum atomic E-state index is -0.472. The van der Waals surface area contributed by atoms with Crippen LogP contribution in [0.2, 0.25) is 0 Å². The highest BCUT2D eigenvalue weighted by atomic mass is 16.5. The van der Waals surface area contributed by atoms with Crippen LogP contribution in [0.15, 0.2) is 48.5 Å². The van der Waals surface area contributed by atoms with Gasteiger partial charge in [-0.25, -0.2) is 0 Å². The van der Waals surface area contributed by atoms with Crippen LogP contribution >= 0.6 is 0 Å². The van der Waals surface area contributed by atoms with E-state index in [1.165, 1.54) is 0 Å². The molecular formula is C21H23NO5. The summed E-state index contributed by atoms with van der Waals surface area (Å²) in [6, 6.07) is 14.6. The van der Waals surface area contributed by atoms with Gasteiger partial charge >= 0.3 is 5.97 Å². The Labute approximate surface area is 158 Å². The number of nitrogens with zero attached hydrogens (tertiary/aromatic N) is 1. The first kappa shape index (κ1) is 18.8. The van der Waals surface area contributed by atoms with Gasteiger partial charge in [0.2, 0.25) is 5.91 Å². The lowest BCUT2D eigenvalue weighted by Crippen LogP contribution is -2.26. The highest BCUT2D eigenvalue weighted by Crippen LogP contribution is 2.29. The largest absolute Gasteiger partial charge is 0.497 e. The molecule has 1 aliphatic rings. The number of amides is 1. The van der Waals surface area contributed by atoms with Gasteiger partial charge in [-0.15, -0.1) is 0 Å². The second-order valence-electron chi connectivity index (χ2n) is 6.46. The van der Waals surface area contributed by atoms with Crippen LogP contribution < -0.4 is 14.4 Å².